The SMILES string of the molecule is CCOC(=O)CCNC(=O)C(c1ccc(C)cc1)N(CCO)C(=O)C(CC(C)C)NC(=O)OC(C)(C)C. The van der Waals surface area contributed by atoms with Crippen LogP contribution >= 0.6 is 0 Å². The molecule has 0 saturated heterocycles. The summed E-state index contributed by atoms with van der Waals surface area (Å²) in [7, 11) is 0. The van der Waals surface area contributed by atoms with Gasteiger partial charge in [-0.15, -0.1) is 0 Å². The van der Waals surface area contributed by atoms with E-state index in [-0.39, 0.29) is 32.0 Å². The molecule has 37 heavy (non-hydrogen) atoms. The Morgan fingerprint density at radius 2 is 1.70 bits per heavy atom. The standard InChI is InChI=1S/C27H43N3O7/c1-8-36-22(32)13-14-28-24(33)23(20-11-9-19(4)10-12-20)30(15-16-31)25(34)21(17-18(2)3)29-26(35)37-27(5,6)7/h9-12,18,21,23,31H,8,13-17H2,1-7H3,(H,28,33)(H,29,35). The molecule has 0 aliphatic carbocycles. The zero-order valence-corrected chi connectivity index (χ0v) is 23.1. The molecule has 10 nitrogen and oxygen atoms in total. The number of benzene rings is 1. The summed E-state index contributed by atoms with van der Waals surface area (Å²) in [6.45, 7) is 12.3. The molecule has 0 spiro atoms. The molecule has 0 aromatic heterocycles. The van der Waals surface area contributed by atoms with Crippen LogP contribution in [0.3, 0.4) is 0 Å². The lowest BCUT2D eigenvalue weighted by Gasteiger charge is -2.34. The van der Waals surface area contributed by atoms with E-state index in [0.29, 0.717) is 12.0 Å². The Hall–Kier alpha value is -3.14. The highest BCUT2D eigenvalue weighted by molar-refractivity contribution is 5.92. The number of hydrogen-bond acceptors (Lipinski definition) is 7. The summed E-state index contributed by atoms with van der Waals surface area (Å²) in [6, 6.07) is 5.03. The van der Waals surface area contributed by atoms with Gasteiger partial charge < -0.3 is 30.1 Å². The largest absolute Gasteiger partial charge is 0.466 e. The highest BCUT2D eigenvalue weighted by Gasteiger charge is 2.36. The minimum Gasteiger partial charge on any atom is -0.466 e. The third kappa shape index (κ3) is 11.6. The Balaban J connectivity index is 3.32. The number of carbonyl (C=O) groups is 4. The first kappa shape index (κ1) is 31.9. The number of ether oxygens (including phenoxy) is 2. The molecule has 208 valence electrons. The fraction of sp³-hybridized carbons (Fsp3) is 0.630. The molecule has 3 N–H and O–H groups in total. The number of alkyl carbamates (subject to hydrolysis) is 1. The van der Waals surface area contributed by atoms with E-state index in [1.165, 1.54) is 4.90 Å². The molecule has 0 aliphatic heterocycles. The van der Waals surface area contributed by atoms with Gasteiger partial charge >= 0.3 is 12.1 Å². The van der Waals surface area contributed by atoms with E-state index >= 15 is 0 Å². The molecule has 0 radical (unpaired) electrons. The minimum absolute atomic E-state index is 0.0206. The van der Waals surface area contributed by atoms with Crippen molar-refractivity contribution in [2.24, 2.45) is 5.92 Å². The second-order valence-electron chi connectivity index (χ2n) is 10.2. The van der Waals surface area contributed by atoms with Crippen LogP contribution in [0.1, 0.15) is 71.6 Å². The predicted octanol–water partition coefficient (Wildman–Crippen LogP) is 2.87. The van der Waals surface area contributed by atoms with Crippen molar-refractivity contribution in [3.8, 4) is 0 Å². The minimum atomic E-state index is -1.10. The molecule has 10 heteroatoms. The van der Waals surface area contributed by atoms with Gasteiger partial charge in [-0.25, -0.2) is 4.79 Å². The second-order valence-corrected chi connectivity index (χ2v) is 10.2. The summed E-state index contributed by atoms with van der Waals surface area (Å²) in [6.07, 6.45) is -0.476. The summed E-state index contributed by atoms with van der Waals surface area (Å²) in [5.74, 6) is -1.46. The maximum absolute atomic E-state index is 13.8. The van der Waals surface area contributed by atoms with Crippen molar-refractivity contribution in [1.82, 2.24) is 15.5 Å². The molecule has 1 aromatic rings. The smallest absolute Gasteiger partial charge is 0.408 e. The fourth-order valence-electron chi connectivity index (χ4n) is 3.66. The first-order valence-electron chi connectivity index (χ1n) is 12.7. The highest BCUT2D eigenvalue weighted by atomic mass is 16.6. The average molecular weight is 522 g/mol. The van der Waals surface area contributed by atoms with Crippen LogP contribution in [0.5, 0.6) is 0 Å². The Morgan fingerprint density at radius 3 is 2.22 bits per heavy atom. The molecule has 3 amide bonds. The molecular formula is C27H43N3O7. The average Bonchev–Trinajstić information content (AvgIpc) is 2.77. The van der Waals surface area contributed by atoms with Crippen LogP contribution in [0.2, 0.25) is 0 Å². The van der Waals surface area contributed by atoms with Gasteiger partial charge in [-0.3, -0.25) is 14.4 Å². The number of hydrogen-bond donors (Lipinski definition) is 3. The number of amides is 3. The lowest BCUT2D eigenvalue weighted by atomic mass is 9.98. The van der Waals surface area contributed by atoms with Gasteiger partial charge in [0.2, 0.25) is 11.8 Å². The van der Waals surface area contributed by atoms with Crippen molar-refractivity contribution in [2.45, 2.75) is 79.0 Å². The van der Waals surface area contributed by atoms with Crippen LogP contribution in [0.25, 0.3) is 0 Å². The third-order valence-corrected chi connectivity index (χ3v) is 5.21. The van der Waals surface area contributed by atoms with Crippen molar-refractivity contribution < 1.29 is 33.8 Å². The fourth-order valence-corrected chi connectivity index (χ4v) is 3.66. The first-order valence-corrected chi connectivity index (χ1v) is 12.7. The number of carbonyl (C=O) groups excluding carboxylic acids is 4. The molecule has 0 aliphatic rings. The summed E-state index contributed by atoms with van der Waals surface area (Å²) in [4.78, 5) is 52.7. The van der Waals surface area contributed by atoms with E-state index in [4.69, 9.17) is 9.47 Å². The van der Waals surface area contributed by atoms with Crippen LogP contribution in [0.15, 0.2) is 24.3 Å². The predicted molar refractivity (Wildman–Crippen MR) is 140 cm³/mol. The van der Waals surface area contributed by atoms with E-state index in [1.54, 1.807) is 39.8 Å². The second kappa shape index (κ2) is 15.2. The van der Waals surface area contributed by atoms with Gasteiger partial charge in [0.05, 0.1) is 19.6 Å². The van der Waals surface area contributed by atoms with Crippen LogP contribution in [0.4, 0.5) is 4.79 Å². The molecule has 0 bridgehead atoms. The number of esters is 1. The van der Waals surface area contributed by atoms with Crippen molar-refractivity contribution in [2.75, 3.05) is 26.3 Å². The number of aliphatic hydroxyl groups excluding tert-OH is 1. The van der Waals surface area contributed by atoms with Crippen molar-refractivity contribution in [3.05, 3.63) is 35.4 Å². The van der Waals surface area contributed by atoms with Gasteiger partial charge in [0.25, 0.3) is 0 Å². The molecule has 1 rings (SSSR count). The summed E-state index contributed by atoms with van der Waals surface area (Å²) in [5.41, 5.74) is 0.736. The van der Waals surface area contributed by atoms with Gasteiger partial charge in [-0.2, -0.15) is 0 Å². The van der Waals surface area contributed by atoms with Gasteiger partial charge in [0, 0.05) is 13.1 Å². The van der Waals surface area contributed by atoms with Crippen LogP contribution < -0.4 is 10.6 Å². The Kier molecular flexibility index (Phi) is 13.1. The molecule has 1 aromatic carbocycles. The molecule has 0 fully saturated rings. The lowest BCUT2D eigenvalue weighted by Crippen LogP contribution is -2.54. The van der Waals surface area contributed by atoms with Gasteiger partial charge in [-0.1, -0.05) is 43.7 Å². The van der Waals surface area contributed by atoms with E-state index in [0.717, 1.165) is 5.56 Å². The van der Waals surface area contributed by atoms with E-state index in [2.05, 4.69) is 10.6 Å². The monoisotopic (exact) mass is 521 g/mol. The maximum atomic E-state index is 13.8. The van der Waals surface area contributed by atoms with Gasteiger partial charge in [0.15, 0.2) is 0 Å². The Bertz CT molecular complexity index is 894. The number of nitrogens with one attached hydrogen (secondary N) is 2. The topological polar surface area (TPSA) is 134 Å². The summed E-state index contributed by atoms with van der Waals surface area (Å²) >= 11 is 0. The normalized spacial score (nSPS) is 12.9. The van der Waals surface area contributed by atoms with E-state index < -0.39 is 48.2 Å². The molecule has 0 saturated carbocycles. The number of rotatable bonds is 13. The summed E-state index contributed by atoms with van der Waals surface area (Å²) < 4.78 is 10.3. The van der Waals surface area contributed by atoms with E-state index in [9.17, 15) is 24.3 Å². The lowest BCUT2D eigenvalue weighted by molar-refractivity contribution is -0.144. The zero-order chi connectivity index (χ0) is 28.2. The molecule has 2 unspecified atom stereocenters. The van der Waals surface area contributed by atoms with Crippen LogP contribution in [-0.4, -0.2) is 71.8 Å². The highest BCUT2D eigenvalue weighted by Crippen LogP contribution is 2.24. The van der Waals surface area contributed by atoms with Crippen LogP contribution in [-0.2, 0) is 23.9 Å². The Labute approximate surface area is 220 Å². The van der Waals surface area contributed by atoms with Crippen molar-refractivity contribution in [1.29, 1.82) is 0 Å². The maximum Gasteiger partial charge on any atom is 0.408 e. The Morgan fingerprint density at radius 1 is 1.08 bits per heavy atom. The van der Waals surface area contributed by atoms with Crippen LogP contribution in [0, 0.1) is 12.8 Å². The van der Waals surface area contributed by atoms with E-state index in [1.807, 2.05) is 32.9 Å². The number of nitrogens with zero attached hydrogens (tertiary/aromatic N) is 1. The van der Waals surface area contributed by atoms with Gasteiger partial charge in [0.1, 0.15) is 17.7 Å². The number of aryl methyl sites for hydroxylation is 1. The van der Waals surface area contributed by atoms with Crippen molar-refractivity contribution >= 4 is 23.9 Å². The van der Waals surface area contributed by atoms with Crippen molar-refractivity contribution in [3.63, 3.8) is 0 Å². The van der Waals surface area contributed by atoms with Gasteiger partial charge in [-0.05, 0) is 52.5 Å². The quantitative estimate of drug-likeness (QED) is 0.340. The number of aliphatic hydroxyl groups is 1. The molecular weight excluding hydrogens is 478 g/mol. The molecule has 0 heterocycles. The zero-order valence-electron chi connectivity index (χ0n) is 23.1. The third-order valence-electron chi connectivity index (χ3n) is 5.21. The summed E-state index contributed by atoms with van der Waals surface area (Å²) in [5, 5.41) is 15.2. The first-order chi connectivity index (χ1) is 17.3. The molecule has 2 atom stereocenters.